The summed E-state index contributed by atoms with van der Waals surface area (Å²) in [6.45, 7) is 7.93. The molecular formula is C15H17NO4. The molecule has 2 rings (SSSR count). The van der Waals surface area contributed by atoms with E-state index in [1.54, 1.807) is 6.92 Å². The summed E-state index contributed by atoms with van der Waals surface area (Å²) in [5, 5.41) is 0. The molecule has 0 N–H and O–H groups in total. The van der Waals surface area contributed by atoms with Crippen molar-refractivity contribution in [1.29, 1.82) is 0 Å². The Hall–Kier alpha value is -2.30. The van der Waals surface area contributed by atoms with Gasteiger partial charge in [-0.15, -0.1) is 0 Å². The highest BCUT2D eigenvalue weighted by Crippen LogP contribution is 2.30. The first-order valence-corrected chi connectivity index (χ1v) is 6.40. The summed E-state index contributed by atoms with van der Waals surface area (Å²) >= 11 is 0. The Kier molecular flexibility index (Phi) is 4.08. The zero-order valence-corrected chi connectivity index (χ0v) is 12.0. The lowest BCUT2D eigenvalue weighted by Gasteiger charge is -2.10. The molecule has 0 amide bonds. The molecule has 0 unspecified atom stereocenters. The first kappa shape index (κ1) is 14.1. The number of nitrogens with zero attached hydrogens (tertiary/aromatic N) is 1. The molecule has 0 spiro atoms. The van der Waals surface area contributed by atoms with Gasteiger partial charge in [0, 0.05) is 0 Å². The topological polar surface area (TPSA) is 61.6 Å². The number of benzene rings is 1. The number of carbonyl (C=O) groups excluding carboxylic acids is 1. The monoisotopic (exact) mass is 275 g/mol. The van der Waals surface area contributed by atoms with Gasteiger partial charge in [-0.2, -0.15) is 4.98 Å². The molecule has 0 aliphatic rings. The van der Waals surface area contributed by atoms with Crippen LogP contribution in [0.2, 0.25) is 0 Å². The van der Waals surface area contributed by atoms with E-state index in [2.05, 4.69) is 4.98 Å². The lowest BCUT2D eigenvalue weighted by Crippen LogP contribution is -2.04. The van der Waals surface area contributed by atoms with Crippen molar-refractivity contribution >= 4 is 5.97 Å². The van der Waals surface area contributed by atoms with E-state index in [4.69, 9.17) is 13.9 Å². The van der Waals surface area contributed by atoms with E-state index in [1.807, 2.05) is 32.9 Å². The van der Waals surface area contributed by atoms with Crippen molar-refractivity contribution in [1.82, 2.24) is 4.98 Å². The predicted molar refractivity (Wildman–Crippen MR) is 73.2 cm³/mol. The van der Waals surface area contributed by atoms with Gasteiger partial charge in [0.05, 0.1) is 6.61 Å². The standard InChI is InChI=1S/C15H17NO4/c1-5-18-14(17)12-8-19-15(16-12)20-13-10(3)7-6-9(2)11(13)4/h6-8H,5H2,1-4H3. The summed E-state index contributed by atoms with van der Waals surface area (Å²) < 4.78 is 15.6. The maximum atomic E-state index is 11.5. The molecular weight excluding hydrogens is 258 g/mol. The Labute approximate surface area is 117 Å². The average Bonchev–Trinajstić information content (AvgIpc) is 2.88. The van der Waals surface area contributed by atoms with Gasteiger partial charge in [0.1, 0.15) is 12.0 Å². The Bertz CT molecular complexity index is 631. The molecule has 20 heavy (non-hydrogen) atoms. The molecule has 5 heteroatoms. The Morgan fingerprint density at radius 2 is 1.95 bits per heavy atom. The van der Waals surface area contributed by atoms with Crippen molar-refractivity contribution in [3.8, 4) is 11.8 Å². The number of aryl methyl sites for hydroxylation is 2. The largest absolute Gasteiger partial charge is 0.461 e. The molecule has 1 aromatic heterocycles. The quantitative estimate of drug-likeness (QED) is 0.798. The second-order valence-electron chi connectivity index (χ2n) is 4.47. The molecule has 0 aliphatic carbocycles. The van der Waals surface area contributed by atoms with E-state index in [1.165, 1.54) is 6.26 Å². The van der Waals surface area contributed by atoms with Crippen molar-refractivity contribution in [3.05, 3.63) is 40.8 Å². The van der Waals surface area contributed by atoms with Crippen LogP contribution in [0.15, 0.2) is 22.8 Å². The van der Waals surface area contributed by atoms with E-state index in [9.17, 15) is 4.79 Å². The Morgan fingerprint density at radius 1 is 1.25 bits per heavy atom. The van der Waals surface area contributed by atoms with E-state index in [0.717, 1.165) is 16.7 Å². The smallest absolute Gasteiger partial charge is 0.399 e. The highest BCUT2D eigenvalue weighted by atomic mass is 16.6. The summed E-state index contributed by atoms with van der Waals surface area (Å²) in [5.74, 6) is 0.172. The van der Waals surface area contributed by atoms with Crippen molar-refractivity contribution in [2.24, 2.45) is 0 Å². The molecule has 0 atom stereocenters. The zero-order valence-electron chi connectivity index (χ0n) is 12.0. The lowest BCUT2D eigenvalue weighted by atomic mass is 10.1. The molecule has 0 aliphatic heterocycles. The number of aromatic nitrogens is 1. The van der Waals surface area contributed by atoms with E-state index in [0.29, 0.717) is 5.75 Å². The highest BCUT2D eigenvalue weighted by molar-refractivity contribution is 5.86. The maximum absolute atomic E-state index is 11.5. The van der Waals surface area contributed by atoms with Crippen LogP contribution >= 0.6 is 0 Å². The summed E-state index contributed by atoms with van der Waals surface area (Å²) in [7, 11) is 0. The third kappa shape index (κ3) is 2.82. The molecule has 1 heterocycles. The number of hydrogen-bond donors (Lipinski definition) is 0. The number of carbonyl (C=O) groups is 1. The van der Waals surface area contributed by atoms with Crippen LogP contribution in [-0.2, 0) is 4.74 Å². The molecule has 2 aromatic rings. The minimum atomic E-state index is -0.524. The van der Waals surface area contributed by atoms with Crippen molar-refractivity contribution < 1.29 is 18.7 Å². The fraction of sp³-hybridized carbons (Fsp3) is 0.333. The summed E-state index contributed by atoms with van der Waals surface area (Å²) in [6.07, 6.45) is 1.26. The third-order valence-corrected chi connectivity index (χ3v) is 3.03. The fourth-order valence-corrected chi connectivity index (χ4v) is 1.77. The van der Waals surface area contributed by atoms with Gasteiger partial charge in [-0.3, -0.25) is 0 Å². The normalized spacial score (nSPS) is 10.4. The summed E-state index contributed by atoms with van der Waals surface area (Å²) in [4.78, 5) is 15.5. The number of rotatable bonds is 4. The first-order chi connectivity index (χ1) is 9.52. The molecule has 1 aromatic carbocycles. The minimum absolute atomic E-state index is 0.0323. The Balaban J connectivity index is 2.23. The van der Waals surface area contributed by atoms with Crippen LogP contribution in [0.4, 0.5) is 0 Å². The van der Waals surface area contributed by atoms with Crippen molar-refractivity contribution in [3.63, 3.8) is 0 Å². The number of ether oxygens (including phenoxy) is 2. The van der Waals surface area contributed by atoms with Gasteiger partial charge in [0.25, 0.3) is 0 Å². The summed E-state index contributed by atoms with van der Waals surface area (Å²) in [5.41, 5.74) is 3.21. The molecule has 106 valence electrons. The molecule has 0 bridgehead atoms. The van der Waals surface area contributed by atoms with Crippen LogP contribution in [0, 0.1) is 20.8 Å². The van der Waals surface area contributed by atoms with Gasteiger partial charge >= 0.3 is 12.0 Å². The average molecular weight is 275 g/mol. The van der Waals surface area contributed by atoms with E-state index in [-0.39, 0.29) is 18.4 Å². The van der Waals surface area contributed by atoms with Gasteiger partial charge < -0.3 is 13.9 Å². The first-order valence-electron chi connectivity index (χ1n) is 6.40. The van der Waals surface area contributed by atoms with Gasteiger partial charge in [-0.05, 0) is 44.4 Å². The fourth-order valence-electron chi connectivity index (χ4n) is 1.77. The van der Waals surface area contributed by atoms with Crippen LogP contribution in [0.3, 0.4) is 0 Å². The minimum Gasteiger partial charge on any atom is -0.461 e. The van der Waals surface area contributed by atoms with Gasteiger partial charge in [-0.25, -0.2) is 4.79 Å². The Morgan fingerprint density at radius 3 is 2.65 bits per heavy atom. The SMILES string of the molecule is CCOC(=O)c1coc(Oc2c(C)ccc(C)c2C)n1. The number of hydrogen-bond acceptors (Lipinski definition) is 5. The van der Waals surface area contributed by atoms with Crippen molar-refractivity contribution in [2.75, 3.05) is 6.61 Å². The molecule has 0 fully saturated rings. The molecule has 5 nitrogen and oxygen atoms in total. The van der Waals surface area contributed by atoms with Crippen LogP contribution in [0.1, 0.15) is 34.1 Å². The lowest BCUT2D eigenvalue weighted by molar-refractivity contribution is 0.0519. The molecule has 0 saturated heterocycles. The van der Waals surface area contributed by atoms with E-state index < -0.39 is 5.97 Å². The van der Waals surface area contributed by atoms with Crippen LogP contribution in [0.5, 0.6) is 11.8 Å². The van der Waals surface area contributed by atoms with Crippen LogP contribution in [0.25, 0.3) is 0 Å². The highest BCUT2D eigenvalue weighted by Gasteiger charge is 2.16. The van der Waals surface area contributed by atoms with Crippen LogP contribution < -0.4 is 4.74 Å². The van der Waals surface area contributed by atoms with Gasteiger partial charge in [0.15, 0.2) is 5.69 Å². The second-order valence-corrected chi connectivity index (χ2v) is 4.47. The zero-order chi connectivity index (χ0) is 14.7. The third-order valence-electron chi connectivity index (χ3n) is 3.03. The van der Waals surface area contributed by atoms with Crippen LogP contribution in [-0.4, -0.2) is 17.6 Å². The summed E-state index contributed by atoms with van der Waals surface area (Å²) in [6, 6.07) is 3.99. The number of esters is 1. The molecule has 0 radical (unpaired) electrons. The van der Waals surface area contributed by atoms with Crippen molar-refractivity contribution in [2.45, 2.75) is 27.7 Å². The van der Waals surface area contributed by atoms with Gasteiger partial charge in [-0.1, -0.05) is 12.1 Å². The molecule has 0 saturated carbocycles. The predicted octanol–water partition coefficient (Wildman–Crippen LogP) is 3.57. The number of oxazole rings is 1. The maximum Gasteiger partial charge on any atom is 0.399 e. The second kappa shape index (κ2) is 5.77. The van der Waals surface area contributed by atoms with E-state index >= 15 is 0 Å². The van der Waals surface area contributed by atoms with Gasteiger partial charge in [0.2, 0.25) is 0 Å².